The number of aromatic nitrogens is 4. The van der Waals surface area contributed by atoms with Crippen LogP contribution < -0.4 is 5.32 Å². The highest BCUT2D eigenvalue weighted by molar-refractivity contribution is 6.03. The first kappa shape index (κ1) is 16.6. The molecular formula is C19H15N5O3. The molecule has 0 unspecified atom stereocenters. The van der Waals surface area contributed by atoms with Crippen LogP contribution in [0.3, 0.4) is 0 Å². The van der Waals surface area contributed by atoms with Crippen molar-refractivity contribution in [3.63, 3.8) is 0 Å². The van der Waals surface area contributed by atoms with E-state index in [4.69, 9.17) is 9.05 Å². The van der Waals surface area contributed by atoms with Gasteiger partial charge in [0.05, 0.1) is 6.42 Å². The van der Waals surface area contributed by atoms with Crippen molar-refractivity contribution < 1.29 is 13.8 Å². The van der Waals surface area contributed by atoms with Gasteiger partial charge in [0, 0.05) is 29.7 Å². The van der Waals surface area contributed by atoms with Crippen LogP contribution in [0, 0.1) is 6.92 Å². The molecule has 134 valence electrons. The Hall–Kier alpha value is -3.81. The molecule has 0 saturated heterocycles. The third-order valence-electron chi connectivity index (χ3n) is 3.86. The topological polar surface area (TPSA) is 107 Å². The molecule has 0 atom stereocenters. The summed E-state index contributed by atoms with van der Waals surface area (Å²) in [6.45, 7) is 1.73. The highest BCUT2D eigenvalue weighted by atomic mass is 16.5. The number of aryl methyl sites for hydroxylation is 1. The van der Waals surface area contributed by atoms with Crippen LogP contribution in [0.5, 0.6) is 0 Å². The van der Waals surface area contributed by atoms with Gasteiger partial charge in [-0.3, -0.25) is 9.78 Å². The summed E-state index contributed by atoms with van der Waals surface area (Å²) in [4.78, 5) is 20.8. The second-order valence-electron chi connectivity index (χ2n) is 5.86. The maximum absolute atomic E-state index is 12.3. The summed E-state index contributed by atoms with van der Waals surface area (Å²) >= 11 is 0. The first-order chi connectivity index (χ1) is 13.2. The van der Waals surface area contributed by atoms with Gasteiger partial charge in [-0.2, -0.15) is 4.98 Å². The van der Waals surface area contributed by atoms with Gasteiger partial charge in [0.15, 0.2) is 5.69 Å². The van der Waals surface area contributed by atoms with Gasteiger partial charge >= 0.3 is 0 Å². The first-order valence-electron chi connectivity index (χ1n) is 8.24. The highest BCUT2D eigenvalue weighted by Crippen LogP contribution is 2.21. The van der Waals surface area contributed by atoms with Crippen LogP contribution in [0.1, 0.15) is 27.7 Å². The fourth-order valence-electron chi connectivity index (χ4n) is 2.56. The van der Waals surface area contributed by atoms with E-state index in [0.29, 0.717) is 29.6 Å². The van der Waals surface area contributed by atoms with Crippen molar-refractivity contribution in [1.29, 1.82) is 0 Å². The van der Waals surface area contributed by atoms with E-state index in [-0.39, 0.29) is 11.6 Å². The number of hydrogen-bond acceptors (Lipinski definition) is 7. The molecule has 0 fully saturated rings. The minimum atomic E-state index is -0.346. The van der Waals surface area contributed by atoms with Gasteiger partial charge in [-0.1, -0.05) is 28.5 Å². The van der Waals surface area contributed by atoms with Gasteiger partial charge in [0.25, 0.3) is 5.91 Å². The lowest BCUT2D eigenvalue weighted by molar-refractivity contribution is 0.101. The standard InChI is InChI=1S/C19H15N5O3/c1-12-9-16(23-26-12)19(25)21-15-7-3-2-5-13(15)10-17-22-18(24-27-17)14-6-4-8-20-11-14/h2-9,11H,10H2,1H3,(H,21,25). The number of carbonyl (C=O) groups is 1. The number of carbonyl (C=O) groups excluding carboxylic acids is 1. The SMILES string of the molecule is Cc1cc(C(=O)Nc2ccccc2Cc2nc(-c3cccnc3)no2)no1. The van der Waals surface area contributed by atoms with E-state index in [2.05, 4.69) is 25.6 Å². The average Bonchev–Trinajstić information content (AvgIpc) is 3.33. The lowest BCUT2D eigenvalue weighted by Crippen LogP contribution is -2.13. The molecule has 3 aromatic heterocycles. The molecule has 3 heterocycles. The minimum Gasteiger partial charge on any atom is -0.361 e. The van der Waals surface area contributed by atoms with Gasteiger partial charge in [-0.15, -0.1) is 0 Å². The summed E-state index contributed by atoms with van der Waals surface area (Å²) in [6.07, 6.45) is 3.73. The normalized spacial score (nSPS) is 10.7. The van der Waals surface area contributed by atoms with Crippen LogP contribution in [0.4, 0.5) is 5.69 Å². The predicted octanol–water partition coefficient (Wildman–Crippen LogP) is 3.27. The number of amides is 1. The third-order valence-corrected chi connectivity index (χ3v) is 3.86. The Labute approximate surface area is 154 Å². The lowest BCUT2D eigenvalue weighted by atomic mass is 10.1. The maximum Gasteiger partial charge on any atom is 0.277 e. The number of nitrogens with zero attached hydrogens (tertiary/aromatic N) is 4. The summed E-state index contributed by atoms with van der Waals surface area (Å²) in [5, 5.41) is 10.6. The van der Waals surface area contributed by atoms with Crippen LogP contribution in [-0.2, 0) is 6.42 Å². The van der Waals surface area contributed by atoms with Gasteiger partial charge in [-0.25, -0.2) is 0 Å². The highest BCUT2D eigenvalue weighted by Gasteiger charge is 2.15. The summed E-state index contributed by atoms with van der Waals surface area (Å²) in [6, 6.07) is 12.6. The molecule has 0 saturated carbocycles. The van der Waals surface area contributed by atoms with Gasteiger partial charge in [0.1, 0.15) is 5.76 Å². The molecule has 8 heteroatoms. The Balaban J connectivity index is 1.53. The average molecular weight is 361 g/mol. The molecule has 0 aliphatic rings. The number of rotatable bonds is 5. The largest absolute Gasteiger partial charge is 0.361 e. The number of para-hydroxylation sites is 1. The van der Waals surface area contributed by atoms with Crippen LogP contribution in [0.25, 0.3) is 11.4 Å². The Morgan fingerprint density at radius 3 is 2.78 bits per heavy atom. The molecule has 1 N–H and O–H groups in total. The second kappa shape index (κ2) is 7.20. The van der Waals surface area contributed by atoms with E-state index in [1.807, 2.05) is 30.3 Å². The Morgan fingerprint density at radius 2 is 2.00 bits per heavy atom. The molecule has 0 spiro atoms. The zero-order valence-corrected chi connectivity index (χ0v) is 14.4. The minimum absolute atomic E-state index is 0.221. The van der Waals surface area contributed by atoms with Crippen molar-refractivity contribution >= 4 is 11.6 Å². The zero-order chi connectivity index (χ0) is 18.6. The molecule has 4 aromatic rings. The van der Waals surface area contributed by atoms with Crippen molar-refractivity contribution in [2.45, 2.75) is 13.3 Å². The van der Waals surface area contributed by atoms with Crippen LogP contribution in [0.2, 0.25) is 0 Å². The zero-order valence-electron chi connectivity index (χ0n) is 14.4. The third kappa shape index (κ3) is 3.74. The van der Waals surface area contributed by atoms with E-state index >= 15 is 0 Å². The molecule has 1 amide bonds. The number of nitrogens with one attached hydrogen (secondary N) is 1. The second-order valence-corrected chi connectivity index (χ2v) is 5.86. The van der Waals surface area contributed by atoms with E-state index in [1.165, 1.54) is 0 Å². The van der Waals surface area contributed by atoms with Gasteiger partial charge in [0.2, 0.25) is 11.7 Å². The van der Waals surface area contributed by atoms with Crippen LogP contribution >= 0.6 is 0 Å². The summed E-state index contributed by atoms with van der Waals surface area (Å²) < 4.78 is 10.3. The Kier molecular flexibility index (Phi) is 4.44. The number of hydrogen-bond donors (Lipinski definition) is 1. The maximum atomic E-state index is 12.3. The fourth-order valence-corrected chi connectivity index (χ4v) is 2.56. The van der Waals surface area contributed by atoms with Crippen molar-refractivity contribution in [3.05, 3.63) is 77.8 Å². The fraction of sp³-hybridized carbons (Fsp3) is 0.105. The molecule has 0 bridgehead atoms. The Bertz CT molecular complexity index is 1070. The summed E-state index contributed by atoms with van der Waals surface area (Å²) in [5.74, 6) is 1.13. The summed E-state index contributed by atoms with van der Waals surface area (Å²) in [7, 11) is 0. The van der Waals surface area contributed by atoms with Crippen molar-refractivity contribution in [1.82, 2.24) is 20.3 Å². The van der Waals surface area contributed by atoms with E-state index in [9.17, 15) is 4.79 Å². The molecule has 1 aromatic carbocycles. The lowest BCUT2D eigenvalue weighted by Gasteiger charge is -2.08. The number of anilines is 1. The van der Waals surface area contributed by atoms with E-state index < -0.39 is 0 Å². The monoisotopic (exact) mass is 361 g/mol. The first-order valence-corrected chi connectivity index (χ1v) is 8.24. The molecule has 0 aliphatic heterocycles. The molecule has 0 aliphatic carbocycles. The van der Waals surface area contributed by atoms with Crippen molar-refractivity contribution in [3.8, 4) is 11.4 Å². The number of pyridine rings is 1. The molecule has 4 rings (SSSR count). The van der Waals surface area contributed by atoms with Gasteiger partial charge < -0.3 is 14.4 Å². The number of benzene rings is 1. The predicted molar refractivity (Wildman–Crippen MR) is 96.0 cm³/mol. The van der Waals surface area contributed by atoms with Gasteiger partial charge in [-0.05, 0) is 30.7 Å². The van der Waals surface area contributed by atoms with Crippen LogP contribution in [0.15, 0.2) is 63.9 Å². The quantitative estimate of drug-likeness (QED) is 0.581. The van der Waals surface area contributed by atoms with Crippen molar-refractivity contribution in [2.24, 2.45) is 0 Å². The molecular weight excluding hydrogens is 346 g/mol. The smallest absolute Gasteiger partial charge is 0.277 e. The molecule has 0 radical (unpaired) electrons. The van der Waals surface area contributed by atoms with E-state index in [0.717, 1.165) is 11.1 Å². The van der Waals surface area contributed by atoms with Crippen LogP contribution in [-0.4, -0.2) is 26.2 Å². The Morgan fingerprint density at radius 1 is 1.11 bits per heavy atom. The van der Waals surface area contributed by atoms with Crippen molar-refractivity contribution in [2.75, 3.05) is 5.32 Å². The molecule has 27 heavy (non-hydrogen) atoms. The summed E-state index contributed by atoms with van der Waals surface area (Å²) in [5.41, 5.74) is 2.48. The van der Waals surface area contributed by atoms with E-state index in [1.54, 1.807) is 31.5 Å². The molecule has 8 nitrogen and oxygen atoms in total.